The first-order chi connectivity index (χ1) is 12.1. The first-order valence-corrected chi connectivity index (χ1v) is 8.82. The lowest BCUT2D eigenvalue weighted by Crippen LogP contribution is -2.34. The Bertz CT molecular complexity index is 621. The minimum absolute atomic E-state index is 0.000113. The maximum Gasteiger partial charge on any atom is 0.251 e. The molecule has 1 N–H and O–H groups in total. The molecule has 0 aliphatic heterocycles. The van der Waals surface area contributed by atoms with Crippen LogP contribution < -0.4 is 10.1 Å². The zero-order valence-electron chi connectivity index (χ0n) is 15.3. The molecule has 136 valence electrons. The highest BCUT2D eigenvalue weighted by molar-refractivity contribution is 5.94. The Morgan fingerprint density at radius 2 is 1.96 bits per heavy atom. The van der Waals surface area contributed by atoms with Gasteiger partial charge < -0.3 is 14.5 Å². The van der Waals surface area contributed by atoms with Gasteiger partial charge in [0, 0.05) is 12.1 Å². The summed E-state index contributed by atoms with van der Waals surface area (Å²) >= 11 is 0. The fraction of sp³-hybridized carbons (Fsp3) is 0.450. The van der Waals surface area contributed by atoms with Gasteiger partial charge in [-0.05, 0) is 56.9 Å². The number of rotatable bonds is 10. The van der Waals surface area contributed by atoms with Gasteiger partial charge in [-0.3, -0.25) is 9.69 Å². The number of nitrogens with zero attached hydrogens (tertiary/aromatic N) is 1. The van der Waals surface area contributed by atoms with Gasteiger partial charge in [-0.1, -0.05) is 19.8 Å². The SMILES string of the molecule is CCCCCOc1ccc(C(=O)NC[C@H](c2ccco2)N(C)C)cc1. The summed E-state index contributed by atoms with van der Waals surface area (Å²) in [7, 11) is 3.92. The second-order valence-corrected chi connectivity index (χ2v) is 6.28. The highest BCUT2D eigenvalue weighted by Crippen LogP contribution is 2.18. The number of hydrogen-bond acceptors (Lipinski definition) is 4. The molecule has 25 heavy (non-hydrogen) atoms. The third-order valence-corrected chi connectivity index (χ3v) is 4.08. The second-order valence-electron chi connectivity index (χ2n) is 6.28. The maximum absolute atomic E-state index is 12.4. The average Bonchev–Trinajstić information content (AvgIpc) is 3.13. The smallest absolute Gasteiger partial charge is 0.251 e. The van der Waals surface area contributed by atoms with Crippen LogP contribution in [-0.4, -0.2) is 38.1 Å². The summed E-state index contributed by atoms with van der Waals surface area (Å²) < 4.78 is 11.1. The molecule has 2 aromatic rings. The van der Waals surface area contributed by atoms with E-state index in [0.717, 1.165) is 17.9 Å². The third-order valence-electron chi connectivity index (χ3n) is 4.08. The van der Waals surface area contributed by atoms with Crippen molar-refractivity contribution in [2.24, 2.45) is 0 Å². The average molecular weight is 344 g/mol. The number of hydrogen-bond donors (Lipinski definition) is 1. The van der Waals surface area contributed by atoms with Crippen LogP contribution in [0.2, 0.25) is 0 Å². The van der Waals surface area contributed by atoms with E-state index in [1.54, 1.807) is 18.4 Å². The van der Waals surface area contributed by atoms with Crippen molar-refractivity contribution in [2.75, 3.05) is 27.2 Å². The molecule has 1 heterocycles. The van der Waals surface area contributed by atoms with Gasteiger partial charge in [-0.15, -0.1) is 0 Å². The highest BCUT2D eigenvalue weighted by atomic mass is 16.5. The highest BCUT2D eigenvalue weighted by Gasteiger charge is 2.18. The van der Waals surface area contributed by atoms with E-state index in [4.69, 9.17) is 9.15 Å². The first kappa shape index (κ1) is 19.1. The van der Waals surface area contributed by atoms with Gasteiger partial charge in [0.15, 0.2) is 0 Å². The molecular weight excluding hydrogens is 316 g/mol. The second kappa shape index (κ2) is 9.89. The number of likely N-dealkylation sites (N-methyl/N-ethyl adjacent to an activating group) is 1. The molecule has 5 heteroatoms. The number of benzene rings is 1. The number of ether oxygens (including phenoxy) is 1. The molecule has 1 aromatic heterocycles. The van der Waals surface area contributed by atoms with Crippen molar-refractivity contribution in [3.8, 4) is 5.75 Å². The van der Waals surface area contributed by atoms with Crippen LogP contribution >= 0.6 is 0 Å². The summed E-state index contributed by atoms with van der Waals surface area (Å²) in [5, 5.41) is 2.97. The van der Waals surface area contributed by atoms with Gasteiger partial charge in [-0.25, -0.2) is 0 Å². The quantitative estimate of drug-likeness (QED) is 0.665. The largest absolute Gasteiger partial charge is 0.494 e. The molecule has 0 spiro atoms. The van der Waals surface area contributed by atoms with Gasteiger partial charge in [0.1, 0.15) is 11.5 Å². The minimum atomic E-state index is -0.101. The lowest BCUT2D eigenvalue weighted by molar-refractivity contribution is 0.0939. The van der Waals surface area contributed by atoms with Gasteiger partial charge in [-0.2, -0.15) is 0 Å². The Morgan fingerprint density at radius 3 is 2.56 bits per heavy atom. The summed E-state index contributed by atoms with van der Waals surface area (Å²) in [4.78, 5) is 14.4. The molecule has 1 atom stereocenters. The molecule has 0 aliphatic rings. The van der Waals surface area contributed by atoms with E-state index in [1.807, 2.05) is 43.3 Å². The van der Waals surface area contributed by atoms with Crippen LogP contribution in [0.4, 0.5) is 0 Å². The lowest BCUT2D eigenvalue weighted by atomic mass is 10.1. The van der Waals surface area contributed by atoms with Gasteiger partial charge >= 0.3 is 0 Å². The monoisotopic (exact) mass is 344 g/mol. The molecule has 0 unspecified atom stereocenters. The molecule has 2 rings (SSSR count). The topological polar surface area (TPSA) is 54.7 Å². The molecule has 0 radical (unpaired) electrons. The van der Waals surface area contributed by atoms with E-state index in [9.17, 15) is 4.79 Å². The third kappa shape index (κ3) is 5.94. The summed E-state index contributed by atoms with van der Waals surface area (Å²) in [5.74, 6) is 1.53. The molecular formula is C20H28N2O3. The van der Waals surface area contributed by atoms with E-state index in [2.05, 4.69) is 12.2 Å². The Hall–Kier alpha value is -2.27. The molecule has 0 fully saturated rings. The molecule has 0 aliphatic carbocycles. The number of unbranched alkanes of at least 4 members (excludes halogenated alkanes) is 2. The van der Waals surface area contributed by atoms with Crippen LogP contribution in [0, 0.1) is 0 Å². The van der Waals surface area contributed by atoms with Crippen molar-refractivity contribution >= 4 is 5.91 Å². The Kier molecular flexibility index (Phi) is 7.54. The van der Waals surface area contributed by atoms with Crippen molar-refractivity contribution in [1.29, 1.82) is 0 Å². The zero-order chi connectivity index (χ0) is 18.1. The Morgan fingerprint density at radius 1 is 1.20 bits per heavy atom. The van der Waals surface area contributed by atoms with Crippen LogP contribution in [0.5, 0.6) is 5.75 Å². The minimum Gasteiger partial charge on any atom is -0.494 e. The van der Waals surface area contributed by atoms with Crippen LogP contribution in [0.15, 0.2) is 47.1 Å². The molecule has 0 bridgehead atoms. The van der Waals surface area contributed by atoms with Crippen molar-refractivity contribution in [3.63, 3.8) is 0 Å². The van der Waals surface area contributed by atoms with Gasteiger partial charge in [0.2, 0.25) is 0 Å². The van der Waals surface area contributed by atoms with E-state index in [-0.39, 0.29) is 11.9 Å². The number of carbonyl (C=O) groups is 1. The summed E-state index contributed by atoms with van der Waals surface area (Å²) in [6.45, 7) is 3.36. The normalized spacial score (nSPS) is 12.2. The first-order valence-electron chi connectivity index (χ1n) is 8.82. The van der Waals surface area contributed by atoms with Crippen molar-refractivity contribution < 1.29 is 13.9 Å². The molecule has 0 saturated heterocycles. The summed E-state index contributed by atoms with van der Waals surface area (Å²) in [6.07, 6.45) is 5.04. The van der Waals surface area contributed by atoms with E-state index < -0.39 is 0 Å². The number of amides is 1. The summed E-state index contributed by atoms with van der Waals surface area (Å²) in [6, 6.07) is 11.0. The van der Waals surface area contributed by atoms with E-state index >= 15 is 0 Å². The van der Waals surface area contributed by atoms with Crippen LogP contribution in [0.25, 0.3) is 0 Å². The van der Waals surface area contributed by atoms with Crippen LogP contribution in [0.3, 0.4) is 0 Å². The van der Waals surface area contributed by atoms with Crippen molar-refractivity contribution in [1.82, 2.24) is 10.2 Å². The molecule has 1 amide bonds. The maximum atomic E-state index is 12.4. The molecule has 5 nitrogen and oxygen atoms in total. The van der Waals surface area contributed by atoms with Crippen LogP contribution in [0.1, 0.15) is 48.3 Å². The zero-order valence-corrected chi connectivity index (χ0v) is 15.3. The lowest BCUT2D eigenvalue weighted by Gasteiger charge is -2.22. The van der Waals surface area contributed by atoms with Gasteiger partial charge in [0.25, 0.3) is 5.91 Å². The standard InChI is InChI=1S/C20H28N2O3/c1-4-5-6-13-24-17-11-9-16(10-12-17)20(23)21-15-18(22(2)3)19-8-7-14-25-19/h7-12,14,18H,4-6,13,15H2,1-3H3,(H,21,23)/t18-/m1/s1. The predicted molar refractivity (Wildman–Crippen MR) is 98.9 cm³/mol. The summed E-state index contributed by atoms with van der Waals surface area (Å²) in [5.41, 5.74) is 0.623. The fourth-order valence-electron chi connectivity index (χ4n) is 2.55. The fourth-order valence-corrected chi connectivity index (χ4v) is 2.55. The molecule has 1 aromatic carbocycles. The Balaban J connectivity index is 1.85. The van der Waals surface area contributed by atoms with Crippen molar-refractivity contribution in [3.05, 3.63) is 54.0 Å². The van der Waals surface area contributed by atoms with E-state index in [0.29, 0.717) is 18.7 Å². The molecule has 0 saturated carbocycles. The van der Waals surface area contributed by atoms with Crippen molar-refractivity contribution in [2.45, 2.75) is 32.2 Å². The number of carbonyl (C=O) groups excluding carboxylic acids is 1. The van der Waals surface area contributed by atoms with Crippen LogP contribution in [-0.2, 0) is 0 Å². The van der Waals surface area contributed by atoms with E-state index in [1.165, 1.54) is 12.8 Å². The number of nitrogens with one attached hydrogen (secondary N) is 1. The predicted octanol–water partition coefficient (Wildman–Crippen LogP) is 3.88. The Labute approximate surface area is 150 Å². The van der Waals surface area contributed by atoms with Gasteiger partial charge in [0.05, 0.1) is 18.9 Å². The number of furan rings is 1.